The lowest BCUT2D eigenvalue weighted by Crippen LogP contribution is -2.19. The van der Waals surface area contributed by atoms with Crippen molar-refractivity contribution in [3.8, 4) is 0 Å². The molecular formula is C21H26O2S. The summed E-state index contributed by atoms with van der Waals surface area (Å²) in [7, 11) is -2.26. The van der Waals surface area contributed by atoms with Crippen LogP contribution in [0.4, 0.5) is 0 Å². The minimum atomic E-state index is -2.26. The number of benzene rings is 1. The van der Waals surface area contributed by atoms with Crippen molar-refractivity contribution < 1.29 is 8.42 Å². The third-order valence-corrected chi connectivity index (χ3v) is 5.36. The van der Waals surface area contributed by atoms with Crippen LogP contribution in [0.5, 0.6) is 0 Å². The highest BCUT2D eigenvalue weighted by atomic mass is 32.2. The fourth-order valence-electron chi connectivity index (χ4n) is 3.31. The van der Waals surface area contributed by atoms with Crippen LogP contribution in [0.3, 0.4) is 0 Å². The van der Waals surface area contributed by atoms with Gasteiger partial charge in [-0.05, 0) is 61.3 Å². The van der Waals surface area contributed by atoms with Crippen molar-refractivity contribution in [1.29, 1.82) is 0 Å². The lowest BCUT2D eigenvalue weighted by molar-refractivity contribution is 0.377. The summed E-state index contributed by atoms with van der Waals surface area (Å²) in [5, 5.41) is 0. The fraction of sp³-hybridized carbons (Fsp3) is 0.381. The molecule has 0 heterocycles. The number of allylic oxidation sites excluding steroid dienone is 6. The van der Waals surface area contributed by atoms with E-state index in [1.165, 1.54) is 24.0 Å². The minimum absolute atomic E-state index is 0.187. The monoisotopic (exact) mass is 342 g/mol. The van der Waals surface area contributed by atoms with Crippen molar-refractivity contribution in [2.75, 3.05) is 0 Å². The van der Waals surface area contributed by atoms with Crippen molar-refractivity contribution in [3.05, 3.63) is 70.8 Å². The quantitative estimate of drug-likeness (QED) is 0.329. The number of hydrogen-bond donors (Lipinski definition) is 0. The average molecular weight is 343 g/mol. The third-order valence-electron chi connectivity index (χ3n) is 4.65. The SMILES string of the molecule is CC(C=CC1=C(C)CCCC1(C)C)=CC(c1ccccc1)=S(=O)=O. The van der Waals surface area contributed by atoms with Gasteiger partial charge in [-0.25, -0.2) is 0 Å². The summed E-state index contributed by atoms with van der Waals surface area (Å²) in [4.78, 5) is 0.325. The Balaban J connectivity index is 2.33. The molecule has 2 rings (SSSR count). The molecule has 2 nitrogen and oxygen atoms in total. The molecule has 0 aromatic heterocycles. The van der Waals surface area contributed by atoms with Gasteiger partial charge < -0.3 is 0 Å². The Bertz CT molecular complexity index is 812. The van der Waals surface area contributed by atoms with Gasteiger partial charge in [0.05, 0.1) is 0 Å². The molecule has 0 radical (unpaired) electrons. The van der Waals surface area contributed by atoms with Crippen LogP contribution in [-0.4, -0.2) is 13.3 Å². The first kappa shape index (κ1) is 18.5. The molecule has 0 N–H and O–H groups in total. The minimum Gasteiger partial charge on any atom is -0.184 e. The molecule has 0 spiro atoms. The van der Waals surface area contributed by atoms with Crippen molar-refractivity contribution in [2.45, 2.75) is 47.0 Å². The van der Waals surface area contributed by atoms with E-state index in [1.807, 2.05) is 43.3 Å². The summed E-state index contributed by atoms with van der Waals surface area (Å²) < 4.78 is 23.2. The highest BCUT2D eigenvalue weighted by Crippen LogP contribution is 2.40. The van der Waals surface area contributed by atoms with E-state index in [2.05, 4.69) is 26.8 Å². The molecule has 0 amide bonds. The third kappa shape index (κ3) is 4.57. The van der Waals surface area contributed by atoms with E-state index in [-0.39, 0.29) is 5.41 Å². The highest BCUT2D eigenvalue weighted by molar-refractivity contribution is 7.73. The molecule has 0 aliphatic heterocycles. The molecule has 0 bridgehead atoms. The van der Waals surface area contributed by atoms with Crippen molar-refractivity contribution in [2.24, 2.45) is 5.41 Å². The largest absolute Gasteiger partial charge is 0.222 e. The molecule has 0 saturated carbocycles. The van der Waals surface area contributed by atoms with E-state index in [1.54, 1.807) is 6.08 Å². The van der Waals surface area contributed by atoms with Gasteiger partial charge in [-0.1, -0.05) is 61.9 Å². The fourth-order valence-corrected chi connectivity index (χ4v) is 3.92. The molecule has 0 saturated heterocycles. The first-order chi connectivity index (χ1) is 11.3. The zero-order chi connectivity index (χ0) is 17.7. The van der Waals surface area contributed by atoms with E-state index < -0.39 is 10.3 Å². The van der Waals surface area contributed by atoms with Crippen LogP contribution in [0.25, 0.3) is 0 Å². The smallest absolute Gasteiger partial charge is 0.184 e. The Kier molecular flexibility index (Phi) is 6.00. The van der Waals surface area contributed by atoms with Crippen LogP contribution in [0.1, 0.15) is 52.5 Å². The number of rotatable bonds is 4. The van der Waals surface area contributed by atoms with Gasteiger partial charge in [-0.2, -0.15) is 8.42 Å². The molecule has 1 aliphatic rings. The van der Waals surface area contributed by atoms with Gasteiger partial charge in [0.1, 0.15) is 4.86 Å². The predicted octanol–water partition coefficient (Wildman–Crippen LogP) is 5.12. The van der Waals surface area contributed by atoms with E-state index >= 15 is 0 Å². The van der Waals surface area contributed by atoms with Crippen LogP contribution in [0, 0.1) is 5.41 Å². The topological polar surface area (TPSA) is 34.1 Å². The maximum absolute atomic E-state index is 11.6. The zero-order valence-electron chi connectivity index (χ0n) is 15.0. The van der Waals surface area contributed by atoms with Gasteiger partial charge in [0.15, 0.2) is 0 Å². The summed E-state index contributed by atoms with van der Waals surface area (Å²) in [5.74, 6) is 0. The summed E-state index contributed by atoms with van der Waals surface area (Å²) in [6.45, 7) is 8.71. The van der Waals surface area contributed by atoms with E-state index in [0.717, 1.165) is 12.0 Å². The summed E-state index contributed by atoms with van der Waals surface area (Å²) in [5.41, 5.74) is 4.65. The zero-order valence-corrected chi connectivity index (χ0v) is 15.8. The van der Waals surface area contributed by atoms with Crippen LogP contribution in [0.15, 0.2) is 65.3 Å². The molecule has 1 aromatic carbocycles. The Morgan fingerprint density at radius 2 is 1.83 bits per heavy atom. The highest BCUT2D eigenvalue weighted by Gasteiger charge is 2.26. The molecule has 128 valence electrons. The van der Waals surface area contributed by atoms with E-state index in [4.69, 9.17) is 0 Å². The number of hydrogen-bond acceptors (Lipinski definition) is 2. The van der Waals surface area contributed by atoms with Crippen LogP contribution in [0.2, 0.25) is 0 Å². The second kappa shape index (κ2) is 7.80. The molecular weight excluding hydrogens is 316 g/mol. The first-order valence-corrected chi connectivity index (χ1v) is 9.47. The molecule has 0 fully saturated rings. The van der Waals surface area contributed by atoms with Crippen LogP contribution >= 0.6 is 0 Å². The Morgan fingerprint density at radius 3 is 2.42 bits per heavy atom. The molecule has 0 unspecified atom stereocenters. The summed E-state index contributed by atoms with van der Waals surface area (Å²) >= 11 is 0. The van der Waals surface area contributed by atoms with Gasteiger partial charge in [-0.3, -0.25) is 0 Å². The Hall–Kier alpha value is -1.87. The lowest BCUT2D eigenvalue weighted by Gasteiger charge is -2.32. The maximum Gasteiger partial charge on any atom is 0.222 e. The Labute approximate surface area is 147 Å². The van der Waals surface area contributed by atoms with Gasteiger partial charge >= 0.3 is 0 Å². The Morgan fingerprint density at radius 1 is 1.17 bits per heavy atom. The molecule has 1 aliphatic carbocycles. The molecule has 24 heavy (non-hydrogen) atoms. The maximum atomic E-state index is 11.6. The lowest BCUT2D eigenvalue weighted by atomic mass is 9.72. The molecule has 1 aromatic rings. The van der Waals surface area contributed by atoms with Gasteiger partial charge in [0, 0.05) is 0 Å². The van der Waals surface area contributed by atoms with Crippen molar-refractivity contribution in [3.63, 3.8) is 0 Å². The summed E-state index contributed by atoms with van der Waals surface area (Å²) in [6.07, 6.45) is 9.52. The van der Waals surface area contributed by atoms with Gasteiger partial charge in [-0.15, -0.1) is 0 Å². The normalized spacial score (nSPS) is 18.1. The summed E-state index contributed by atoms with van der Waals surface area (Å²) in [6, 6.07) is 9.21. The second-order valence-corrected chi connectivity index (χ2v) is 8.03. The first-order valence-electron chi connectivity index (χ1n) is 8.39. The molecule has 3 heteroatoms. The predicted molar refractivity (Wildman–Crippen MR) is 103 cm³/mol. The van der Waals surface area contributed by atoms with Crippen molar-refractivity contribution >= 4 is 15.2 Å². The second-order valence-electron chi connectivity index (χ2n) is 7.12. The average Bonchev–Trinajstić information content (AvgIpc) is 2.52. The van der Waals surface area contributed by atoms with Crippen LogP contribution in [-0.2, 0) is 10.3 Å². The van der Waals surface area contributed by atoms with E-state index in [9.17, 15) is 8.42 Å². The van der Waals surface area contributed by atoms with Crippen LogP contribution < -0.4 is 0 Å². The van der Waals surface area contributed by atoms with Crippen molar-refractivity contribution in [1.82, 2.24) is 0 Å². The molecule has 0 atom stereocenters. The van der Waals surface area contributed by atoms with E-state index in [0.29, 0.717) is 10.4 Å². The van der Waals surface area contributed by atoms with Gasteiger partial charge in [0.25, 0.3) is 0 Å². The van der Waals surface area contributed by atoms with Gasteiger partial charge in [0.2, 0.25) is 10.3 Å². The standard InChI is InChI=1S/C21H26O2S/c1-16(12-13-19-17(2)9-8-14-21(19,3)4)15-20(24(22)23)18-10-6-5-7-11-18/h5-7,10-13,15H,8-9,14H2,1-4H3.